The number of hydrogen-bond donors (Lipinski definition) is 7. The van der Waals surface area contributed by atoms with Gasteiger partial charge in [0, 0.05) is 57.4 Å². The number of Topliss-reactive ketones (excluding diaryl/α,β-unsaturated/α-hetero) is 2. The SMILES string of the molecule is CC1=C(NC(=O)/C(C)=C/C=C\[C@H](C)[C@@H](O)[C@@H](C)[C@@H](O)[C@@H](C)[C@@H](O)[C@@H](C)[C@H](O)[C@@H](C)/C=C(/C)C(=O)O)C(=O)c2cc(C)c(O)cc2C1=O. The Balaban J connectivity index is 2.06. The van der Waals surface area contributed by atoms with Crippen molar-refractivity contribution in [2.45, 2.75) is 86.7 Å². The summed E-state index contributed by atoms with van der Waals surface area (Å²) in [5, 5.41) is 65.2. The first-order valence-corrected chi connectivity index (χ1v) is 15.7. The molecule has 0 radical (unpaired) electrons. The topological polar surface area (TPSA) is 202 Å². The largest absolute Gasteiger partial charge is 0.508 e. The fourth-order valence-electron chi connectivity index (χ4n) is 5.71. The number of aromatic hydroxyl groups is 1. The number of benzene rings is 1. The highest BCUT2D eigenvalue weighted by atomic mass is 16.4. The van der Waals surface area contributed by atoms with E-state index in [0.29, 0.717) is 5.56 Å². The summed E-state index contributed by atoms with van der Waals surface area (Å²) >= 11 is 0. The Labute approximate surface area is 276 Å². The van der Waals surface area contributed by atoms with Crippen LogP contribution in [0.3, 0.4) is 0 Å². The van der Waals surface area contributed by atoms with E-state index in [4.69, 9.17) is 5.11 Å². The second kappa shape index (κ2) is 16.3. The summed E-state index contributed by atoms with van der Waals surface area (Å²) in [5.74, 6) is -6.02. The molecule has 47 heavy (non-hydrogen) atoms. The van der Waals surface area contributed by atoms with Crippen molar-refractivity contribution in [3.8, 4) is 5.75 Å². The van der Waals surface area contributed by atoms with Crippen molar-refractivity contribution in [3.63, 3.8) is 0 Å². The van der Waals surface area contributed by atoms with Crippen LogP contribution in [0.1, 0.15) is 81.7 Å². The maximum absolute atomic E-state index is 13.1. The molecule has 0 saturated heterocycles. The van der Waals surface area contributed by atoms with Gasteiger partial charge in [0.05, 0.1) is 30.1 Å². The lowest BCUT2D eigenvalue weighted by atomic mass is 9.77. The number of aryl methyl sites for hydroxylation is 1. The molecule has 0 aliphatic heterocycles. The molecule has 9 atom stereocenters. The number of phenolic OH excluding ortho intramolecular Hbond substituents is 1. The van der Waals surface area contributed by atoms with Crippen LogP contribution in [0.4, 0.5) is 0 Å². The van der Waals surface area contributed by atoms with Crippen molar-refractivity contribution < 1.29 is 49.8 Å². The first-order chi connectivity index (χ1) is 21.7. The van der Waals surface area contributed by atoms with E-state index in [1.165, 1.54) is 45.1 Å². The molecule has 1 aliphatic carbocycles. The Morgan fingerprint density at radius 2 is 1.23 bits per heavy atom. The van der Waals surface area contributed by atoms with E-state index in [9.17, 15) is 44.7 Å². The van der Waals surface area contributed by atoms with Crippen LogP contribution in [0, 0.1) is 36.5 Å². The van der Waals surface area contributed by atoms with Gasteiger partial charge >= 0.3 is 5.97 Å². The Morgan fingerprint density at radius 3 is 1.77 bits per heavy atom. The Kier molecular flexibility index (Phi) is 13.6. The molecule has 2 rings (SSSR count). The number of aliphatic hydroxyl groups is 4. The number of carboxylic acid groups (broad SMARTS) is 1. The molecule has 0 fully saturated rings. The molecule has 11 nitrogen and oxygen atoms in total. The van der Waals surface area contributed by atoms with Crippen molar-refractivity contribution >= 4 is 23.4 Å². The highest BCUT2D eigenvalue weighted by Gasteiger charge is 2.37. The molecule has 0 heterocycles. The maximum Gasteiger partial charge on any atom is 0.330 e. The summed E-state index contributed by atoms with van der Waals surface area (Å²) in [6.07, 6.45) is 1.68. The van der Waals surface area contributed by atoms with Gasteiger partial charge in [-0.1, -0.05) is 58.9 Å². The molecule has 11 heteroatoms. The number of fused-ring (bicyclic) bond motifs is 1. The zero-order valence-corrected chi connectivity index (χ0v) is 28.5. The van der Waals surface area contributed by atoms with E-state index in [2.05, 4.69) is 5.32 Å². The average molecular weight is 656 g/mol. The van der Waals surface area contributed by atoms with Crippen LogP contribution >= 0.6 is 0 Å². The molecule has 1 aromatic carbocycles. The van der Waals surface area contributed by atoms with Gasteiger partial charge in [0.15, 0.2) is 5.78 Å². The second-order valence-electron chi connectivity index (χ2n) is 12.9. The van der Waals surface area contributed by atoms with Gasteiger partial charge in [0.2, 0.25) is 5.78 Å². The Bertz CT molecular complexity index is 1500. The van der Waals surface area contributed by atoms with E-state index < -0.39 is 77.4 Å². The molecule has 0 unspecified atom stereocenters. The molecular weight excluding hydrogens is 606 g/mol. The molecule has 0 spiro atoms. The number of aliphatic hydroxyl groups excluding tert-OH is 4. The van der Waals surface area contributed by atoms with E-state index in [0.717, 1.165) is 0 Å². The summed E-state index contributed by atoms with van der Waals surface area (Å²) in [6, 6.07) is 2.66. The maximum atomic E-state index is 13.1. The van der Waals surface area contributed by atoms with Crippen molar-refractivity contribution in [1.82, 2.24) is 5.32 Å². The first kappa shape index (κ1) is 39.3. The normalized spacial score (nSPS) is 20.2. The third kappa shape index (κ3) is 9.13. The van der Waals surface area contributed by atoms with Crippen LogP contribution in [0.5, 0.6) is 5.75 Å². The van der Waals surface area contributed by atoms with Gasteiger partial charge < -0.3 is 36.0 Å². The van der Waals surface area contributed by atoms with Gasteiger partial charge in [-0.05, 0) is 45.4 Å². The Hall–Kier alpha value is -3.90. The lowest BCUT2D eigenvalue weighted by Crippen LogP contribution is -2.45. The van der Waals surface area contributed by atoms with Gasteiger partial charge in [0.25, 0.3) is 5.91 Å². The van der Waals surface area contributed by atoms with Crippen molar-refractivity contribution in [3.05, 3.63) is 75.5 Å². The van der Waals surface area contributed by atoms with Gasteiger partial charge in [-0.2, -0.15) is 0 Å². The molecule has 0 bridgehead atoms. The molecule has 1 aromatic rings. The lowest BCUT2D eigenvalue weighted by Gasteiger charge is -2.36. The summed E-state index contributed by atoms with van der Waals surface area (Å²) in [4.78, 5) is 50.0. The van der Waals surface area contributed by atoms with Crippen LogP contribution in [0.15, 0.2) is 58.9 Å². The van der Waals surface area contributed by atoms with Crippen LogP contribution in [0.2, 0.25) is 0 Å². The number of aliphatic carboxylic acids is 1. The molecule has 1 amide bonds. The van der Waals surface area contributed by atoms with Gasteiger partial charge in [-0.25, -0.2) is 4.79 Å². The zero-order chi connectivity index (χ0) is 36.1. The van der Waals surface area contributed by atoms with Crippen molar-refractivity contribution in [2.24, 2.45) is 29.6 Å². The molecule has 0 saturated carbocycles. The Morgan fingerprint density at radius 1 is 0.745 bits per heavy atom. The average Bonchev–Trinajstić information content (AvgIpc) is 3.03. The second-order valence-corrected chi connectivity index (χ2v) is 12.9. The smallest absolute Gasteiger partial charge is 0.330 e. The van der Waals surface area contributed by atoms with Crippen molar-refractivity contribution in [2.75, 3.05) is 0 Å². The fourth-order valence-corrected chi connectivity index (χ4v) is 5.71. The number of nitrogens with one attached hydrogen (secondary N) is 1. The molecule has 1 aliphatic rings. The fraction of sp³-hybridized carbons (Fsp3) is 0.500. The van der Waals surface area contributed by atoms with Gasteiger partial charge in [-0.3, -0.25) is 14.4 Å². The zero-order valence-electron chi connectivity index (χ0n) is 28.5. The first-order valence-electron chi connectivity index (χ1n) is 15.7. The summed E-state index contributed by atoms with van der Waals surface area (Å²) in [6.45, 7) is 14.2. The minimum absolute atomic E-state index is 0.0506. The quantitative estimate of drug-likeness (QED) is 0.115. The third-order valence-electron chi connectivity index (χ3n) is 9.29. The van der Waals surface area contributed by atoms with Crippen molar-refractivity contribution in [1.29, 1.82) is 0 Å². The molecular formula is C36H49NO10. The summed E-state index contributed by atoms with van der Waals surface area (Å²) in [5.41, 5.74) is 0.786. The number of rotatable bonds is 14. The molecule has 7 N–H and O–H groups in total. The van der Waals surface area contributed by atoms with Gasteiger partial charge in [0.1, 0.15) is 5.75 Å². The number of phenols is 1. The van der Waals surface area contributed by atoms with E-state index in [1.807, 2.05) is 0 Å². The number of hydrogen-bond acceptors (Lipinski definition) is 9. The number of carbonyl (C=O) groups is 4. The number of carboxylic acids is 1. The third-order valence-corrected chi connectivity index (χ3v) is 9.29. The van der Waals surface area contributed by atoms with Crippen LogP contribution < -0.4 is 5.32 Å². The highest BCUT2D eigenvalue weighted by Crippen LogP contribution is 2.31. The number of allylic oxidation sites excluding steroid dienone is 4. The van der Waals surface area contributed by atoms with E-state index in [1.54, 1.807) is 53.7 Å². The molecule has 258 valence electrons. The monoisotopic (exact) mass is 655 g/mol. The molecule has 0 aromatic heterocycles. The standard InChI is InChI=1S/C36H49NO10/c1-16(29(39)22(7)31(41)24(9)32(42)23(8)30(40)19(4)13-20(5)36(46)47)11-10-12-17(2)35(45)37-28-21(6)33(43)26-15-27(38)18(3)14-25(26)34(28)44/h10-16,19,22-24,29-32,38-42H,1-9H3,(H,37,45)(H,46,47)/b11-10-,17-12+,20-13-/t16-,19-,22+,23-,24+,29+,30+,31+,32-/m0/s1. The number of amides is 1. The predicted molar refractivity (Wildman–Crippen MR) is 176 cm³/mol. The predicted octanol–water partition coefficient (Wildman–Crippen LogP) is 3.63. The van der Waals surface area contributed by atoms with E-state index >= 15 is 0 Å². The van der Waals surface area contributed by atoms with Gasteiger partial charge in [-0.15, -0.1) is 0 Å². The number of carbonyl (C=O) groups excluding carboxylic acids is 3. The summed E-state index contributed by atoms with van der Waals surface area (Å²) in [7, 11) is 0. The van der Waals surface area contributed by atoms with Crippen LogP contribution in [-0.4, -0.2) is 78.5 Å². The van der Waals surface area contributed by atoms with E-state index in [-0.39, 0.29) is 39.3 Å². The van der Waals surface area contributed by atoms with Crippen LogP contribution in [-0.2, 0) is 9.59 Å². The summed E-state index contributed by atoms with van der Waals surface area (Å²) < 4.78 is 0. The van der Waals surface area contributed by atoms with Crippen LogP contribution in [0.25, 0.3) is 0 Å². The number of ketones is 2. The highest BCUT2D eigenvalue weighted by molar-refractivity contribution is 6.27. The lowest BCUT2D eigenvalue weighted by molar-refractivity contribution is -0.132. The minimum Gasteiger partial charge on any atom is -0.508 e. The minimum atomic E-state index is -1.15.